The molecule has 3 aromatic rings. The molecule has 32 heavy (non-hydrogen) atoms. The number of hydrogen-bond donors (Lipinski definition) is 1. The summed E-state index contributed by atoms with van der Waals surface area (Å²) in [4.78, 5) is 12.4. The van der Waals surface area contributed by atoms with Crippen molar-refractivity contribution in [1.82, 2.24) is 5.32 Å². The van der Waals surface area contributed by atoms with E-state index < -0.39 is 10.0 Å². The van der Waals surface area contributed by atoms with Crippen molar-refractivity contribution in [2.45, 2.75) is 30.7 Å². The summed E-state index contributed by atoms with van der Waals surface area (Å²) in [6.45, 7) is 1.87. The second-order valence-electron chi connectivity index (χ2n) is 7.56. The van der Waals surface area contributed by atoms with Crippen molar-refractivity contribution < 1.29 is 17.9 Å². The summed E-state index contributed by atoms with van der Waals surface area (Å²) in [5.74, 6) is 0.296. The Labute approximate surface area is 189 Å². The van der Waals surface area contributed by atoms with Gasteiger partial charge in [0.1, 0.15) is 5.75 Å². The first-order valence-electron chi connectivity index (χ1n) is 10.5. The molecule has 0 bridgehead atoms. The number of nitrogens with zero attached hydrogens (tertiary/aromatic N) is 1. The number of carbonyl (C=O) groups is 1. The molecule has 0 aliphatic carbocycles. The van der Waals surface area contributed by atoms with Crippen molar-refractivity contribution in [3.8, 4) is 5.75 Å². The molecular weight excluding hydrogens is 424 g/mol. The highest BCUT2D eigenvalue weighted by Gasteiger charge is 2.20. The number of sulfonamides is 1. The number of rotatable bonds is 10. The van der Waals surface area contributed by atoms with E-state index in [0.29, 0.717) is 11.4 Å². The zero-order valence-electron chi connectivity index (χ0n) is 18.3. The highest BCUT2D eigenvalue weighted by molar-refractivity contribution is 7.92. The SMILES string of the molecule is C[C@H](CCc1ccccc1)NC(=O)COc1ccc(N(C)S(=O)(=O)c2ccccc2)cc1. The smallest absolute Gasteiger partial charge is 0.264 e. The van der Waals surface area contributed by atoms with Crippen molar-refractivity contribution in [3.63, 3.8) is 0 Å². The van der Waals surface area contributed by atoms with Gasteiger partial charge in [-0.25, -0.2) is 8.42 Å². The van der Waals surface area contributed by atoms with Crippen molar-refractivity contribution in [2.24, 2.45) is 0 Å². The largest absolute Gasteiger partial charge is 0.484 e. The van der Waals surface area contributed by atoms with Gasteiger partial charge in [-0.3, -0.25) is 9.10 Å². The molecular formula is C25H28N2O4S. The van der Waals surface area contributed by atoms with E-state index in [1.165, 1.54) is 16.9 Å². The van der Waals surface area contributed by atoms with Gasteiger partial charge in [-0.05, 0) is 61.7 Å². The lowest BCUT2D eigenvalue weighted by atomic mass is 10.1. The Hall–Kier alpha value is -3.32. The Morgan fingerprint density at radius 1 is 0.938 bits per heavy atom. The third-order valence-electron chi connectivity index (χ3n) is 5.09. The van der Waals surface area contributed by atoms with Crippen LogP contribution in [-0.4, -0.2) is 34.0 Å². The van der Waals surface area contributed by atoms with E-state index in [1.807, 2.05) is 25.1 Å². The molecule has 1 amide bonds. The van der Waals surface area contributed by atoms with E-state index in [1.54, 1.807) is 54.6 Å². The minimum atomic E-state index is -3.64. The summed E-state index contributed by atoms with van der Waals surface area (Å²) in [5, 5.41) is 2.94. The van der Waals surface area contributed by atoms with Crippen LogP contribution < -0.4 is 14.4 Å². The van der Waals surface area contributed by atoms with Gasteiger partial charge in [0.05, 0.1) is 10.6 Å². The number of benzene rings is 3. The van der Waals surface area contributed by atoms with Crippen LogP contribution in [0.4, 0.5) is 5.69 Å². The quantitative estimate of drug-likeness (QED) is 0.504. The number of amides is 1. The van der Waals surface area contributed by atoms with Gasteiger partial charge in [0.15, 0.2) is 6.61 Å². The van der Waals surface area contributed by atoms with Crippen LogP contribution in [0.5, 0.6) is 5.75 Å². The van der Waals surface area contributed by atoms with Crippen LogP contribution in [0.1, 0.15) is 18.9 Å². The summed E-state index contributed by atoms with van der Waals surface area (Å²) in [6, 6.07) is 25.0. The summed E-state index contributed by atoms with van der Waals surface area (Å²) < 4.78 is 32.2. The summed E-state index contributed by atoms with van der Waals surface area (Å²) in [6.07, 6.45) is 1.73. The molecule has 3 rings (SSSR count). The molecule has 3 aromatic carbocycles. The first kappa shape index (κ1) is 23.3. The van der Waals surface area contributed by atoms with Crippen LogP contribution in [0.15, 0.2) is 89.8 Å². The molecule has 0 saturated heterocycles. The lowest BCUT2D eigenvalue weighted by Crippen LogP contribution is -2.36. The van der Waals surface area contributed by atoms with Gasteiger partial charge < -0.3 is 10.1 Å². The summed E-state index contributed by atoms with van der Waals surface area (Å²) in [7, 11) is -2.14. The molecule has 0 aromatic heterocycles. The number of aryl methyl sites for hydroxylation is 1. The number of ether oxygens (including phenoxy) is 1. The van der Waals surface area contributed by atoms with Gasteiger partial charge in [0.2, 0.25) is 0 Å². The first-order valence-corrected chi connectivity index (χ1v) is 11.9. The zero-order valence-corrected chi connectivity index (χ0v) is 19.1. The molecule has 0 fully saturated rings. The number of nitrogens with one attached hydrogen (secondary N) is 1. The minimum Gasteiger partial charge on any atom is -0.484 e. The van der Waals surface area contributed by atoms with E-state index in [9.17, 15) is 13.2 Å². The van der Waals surface area contributed by atoms with Gasteiger partial charge in [-0.1, -0.05) is 48.5 Å². The van der Waals surface area contributed by atoms with Gasteiger partial charge in [-0.15, -0.1) is 0 Å². The van der Waals surface area contributed by atoms with Crippen LogP contribution in [-0.2, 0) is 21.2 Å². The van der Waals surface area contributed by atoms with E-state index in [4.69, 9.17) is 4.74 Å². The van der Waals surface area contributed by atoms with E-state index in [2.05, 4.69) is 17.4 Å². The maximum absolute atomic E-state index is 12.7. The molecule has 7 heteroatoms. The third kappa shape index (κ3) is 6.34. The third-order valence-corrected chi connectivity index (χ3v) is 6.89. The molecule has 1 N–H and O–H groups in total. The minimum absolute atomic E-state index is 0.0329. The topological polar surface area (TPSA) is 75.7 Å². The van der Waals surface area contributed by atoms with Gasteiger partial charge >= 0.3 is 0 Å². The molecule has 0 saturated carbocycles. The Morgan fingerprint density at radius 2 is 1.53 bits per heavy atom. The van der Waals surface area contributed by atoms with Gasteiger partial charge in [-0.2, -0.15) is 0 Å². The van der Waals surface area contributed by atoms with Crippen molar-refractivity contribution in [2.75, 3.05) is 18.0 Å². The normalized spacial score (nSPS) is 12.1. The Bertz CT molecular complexity index is 1100. The highest BCUT2D eigenvalue weighted by Crippen LogP contribution is 2.24. The predicted molar refractivity (Wildman–Crippen MR) is 126 cm³/mol. The molecule has 6 nitrogen and oxygen atoms in total. The lowest BCUT2D eigenvalue weighted by molar-refractivity contribution is -0.123. The fraction of sp³-hybridized carbons (Fsp3) is 0.240. The van der Waals surface area contributed by atoms with Crippen LogP contribution in [0.2, 0.25) is 0 Å². The maximum atomic E-state index is 12.7. The average molecular weight is 453 g/mol. The second kappa shape index (κ2) is 10.8. The summed E-state index contributed by atoms with van der Waals surface area (Å²) >= 11 is 0. The second-order valence-corrected chi connectivity index (χ2v) is 9.53. The van der Waals surface area contributed by atoms with Gasteiger partial charge in [0.25, 0.3) is 15.9 Å². The number of carbonyl (C=O) groups excluding carboxylic acids is 1. The standard InChI is InChI=1S/C25H28N2O4S/c1-20(13-14-21-9-5-3-6-10-21)26-25(28)19-31-23-17-15-22(16-18-23)27(2)32(29,30)24-11-7-4-8-12-24/h3-12,15-18,20H,13-14,19H2,1-2H3,(H,26,28)/t20-/m1/s1. The fourth-order valence-corrected chi connectivity index (χ4v) is 4.42. The van der Waals surface area contributed by atoms with E-state index >= 15 is 0 Å². The summed E-state index contributed by atoms with van der Waals surface area (Å²) in [5.41, 5.74) is 1.74. The van der Waals surface area contributed by atoms with Crippen molar-refractivity contribution >= 4 is 21.6 Å². The Morgan fingerprint density at radius 3 is 2.16 bits per heavy atom. The maximum Gasteiger partial charge on any atom is 0.264 e. The first-order chi connectivity index (χ1) is 15.4. The Balaban J connectivity index is 1.48. The van der Waals surface area contributed by atoms with Crippen molar-refractivity contribution in [1.29, 1.82) is 0 Å². The van der Waals surface area contributed by atoms with Crippen LogP contribution in [0.25, 0.3) is 0 Å². The number of anilines is 1. The van der Waals surface area contributed by atoms with E-state index in [-0.39, 0.29) is 23.5 Å². The molecule has 0 aliphatic heterocycles. The molecule has 0 unspecified atom stereocenters. The molecule has 0 aliphatic rings. The van der Waals surface area contributed by atoms with Crippen LogP contribution >= 0.6 is 0 Å². The molecule has 168 valence electrons. The monoisotopic (exact) mass is 452 g/mol. The average Bonchev–Trinajstić information content (AvgIpc) is 2.82. The molecule has 0 spiro atoms. The molecule has 0 heterocycles. The Kier molecular flexibility index (Phi) is 7.89. The van der Waals surface area contributed by atoms with Crippen molar-refractivity contribution in [3.05, 3.63) is 90.5 Å². The zero-order chi connectivity index (χ0) is 23.0. The van der Waals surface area contributed by atoms with Crippen LogP contribution in [0, 0.1) is 0 Å². The lowest BCUT2D eigenvalue weighted by Gasteiger charge is -2.20. The molecule has 1 atom stereocenters. The predicted octanol–water partition coefficient (Wildman–Crippen LogP) is 4.03. The van der Waals surface area contributed by atoms with Crippen LogP contribution in [0.3, 0.4) is 0 Å². The number of hydrogen-bond acceptors (Lipinski definition) is 4. The molecule has 0 radical (unpaired) electrons. The van der Waals surface area contributed by atoms with E-state index in [0.717, 1.165) is 12.8 Å². The highest BCUT2D eigenvalue weighted by atomic mass is 32.2. The van der Waals surface area contributed by atoms with Gasteiger partial charge in [0, 0.05) is 13.1 Å². The fourth-order valence-electron chi connectivity index (χ4n) is 3.21.